The van der Waals surface area contributed by atoms with Crippen molar-refractivity contribution in [2.45, 2.75) is 25.0 Å². The molecule has 8 heteroatoms. The van der Waals surface area contributed by atoms with Crippen molar-refractivity contribution in [1.29, 1.82) is 0 Å². The predicted octanol–water partition coefficient (Wildman–Crippen LogP) is 1.34. The molecule has 0 saturated carbocycles. The zero-order valence-electron chi connectivity index (χ0n) is 18.8. The molecule has 1 aromatic heterocycles. The maximum absolute atomic E-state index is 13.4. The number of hydrogen-bond donors (Lipinski definition) is 1. The smallest absolute Gasteiger partial charge is 0.333 e. The van der Waals surface area contributed by atoms with Crippen LogP contribution in [0.25, 0.3) is 0 Å². The molecule has 2 bridgehead atoms. The highest BCUT2D eigenvalue weighted by Crippen LogP contribution is 2.36. The van der Waals surface area contributed by atoms with Crippen molar-refractivity contribution in [1.82, 2.24) is 4.98 Å². The molecule has 4 heterocycles. The van der Waals surface area contributed by atoms with Gasteiger partial charge in [0.1, 0.15) is 13.1 Å². The largest absolute Gasteiger partial charge is 1.00 e. The van der Waals surface area contributed by atoms with E-state index in [0.717, 1.165) is 37.2 Å². The maximum atomic E-state index is 13.4. The highest BCUT2D eigenvalue weighted by atomic mass is 79.9. The fourth-order valence-corrected chi connectivity index (χ4v) is 5.72. The molecule has 1 N–H and O–H groups in total. The number of fused-ring (bicyclic) bond motifs is 3. The average molecular weight is 542 g/mol. The minimum absolute atomic E-state index is 0. The van der Waals surface area contributed by atoms with E-state index in [9.17, 15) is 9.59 Å². The van der Waals surface area contributed by atoms with Crippen LogP contribution in [-0.4, -0.2) is 53.5 Å². The summed E-state index contributed by atoms with van der Waals surface area (Å²) < 4.78 is 6.86. The Bertz CT molecular complexity index is 1090. The third kappa shape index (κ3) is 5.40. The molecule has 2 atom stereocenters. The van der Waals surface area contributed by atoms with Crippen LogP contribution in [0, 0.1) is 5.92 Å². The van der Waals surface area contributed by atoms with Crippen molar-refractivity contribution in [2.24, 2.45) is 5.92 Å². The number of Topliss-reactive ketones (excluding diaryl/α,β-unsaturated/α-hetero) is 1. The van der Waals surface area contributed by atoms with Gasteiger partial charge in [-0.3, -0.25) is 4.79 Å². The molecule has 6 nitrogen and oxygen atoms in total. The Hall–Kier alpha value is -2.55. The van der Waals surface area contributed by atoms with E-state index < -0.39 is 6.04 Å². The summed E-state index contributed by atoms with van der Waals surface area (Å²) in [5.41, 5.74) is 1.74. The lowest BCUT2D eigenvalue weighted by Gasteiger charge is -2.51. The number of rotatable bonds is 8. The van der Waals surface area contributed by atoms with Gasteiger partial charge in [-0.15, -0.1) is 11.3 Å². The Morgan fingerprint density at radius 1 is 1.06 bits per heavy atom. The summed E-state index contributed by atoms with van der Waals surface area (Å²) in [5.74, 6) is 0.175. The fraction of sp³-hybridized carbons (Fsp3) is 0.346. The number of quaternary nitrogens is 1. The Labute approximate surface area is 214 Å². The van der Waals surface area contributed by atoms with E-state index in [-0.39, 0.29) is 34.8 Å². The number of ketones is 1. The van der Waals surface area contributed by atoms with Gasteiger partial charge in [0.15, 0.2) is 17.2 Å². The molecule has 34 heavy (non-hydrogen) atoms. The number of ether oxygens (including phenoxy) is 1. The van der Waals surface area contributed by atoms with Crippen LogP contribution in [0.15, 0.2) is 72.2 Å². The molecular formula is C26H28BrN3O3S. The molecule has 3 saturated heterocycles. The van der Waals surface area contributed by atoms with E-state index >= 15 is 0 Å². The van der Waals surface area contributed by atoms with Gasteiger partial charge in [-0.05, 0) is 17.7 Å². The summed E-state index contributed by atoms with van der Waals surface area (Å²) in [6, 6.07) is 18.8. The number of nitrogens with one attached hydrogen (secondary N) is 1. The molecule has 2 unspecified atom stereocenters. The van der Waals surface area contributed by atoms with E-state index in [4.69, 9.17) is 4.74 Å². The van der Waals surface area contributed by atoms with Crippen LogP contribution in [0.2, 0.25) is 0 Å². The number of esters is 1. The van der Waals surface area contributed by atoms with Crippen LogP contribution >= 0.6 is 11.3 Å². The van der Waals surface area contributed by atoms with Crippen molar-refractivity contribution in [2.75, 3.05) is 31.5 Å². The lowest BCUT2D eigenvalue weighted by Crippen LogP contribution is -3.00. The summed E-state index contributed by atoms with van der Waals surface area (Å²) in [6.45, 7) is 3.04. The molecule has 0 aliphatic carbocycles. The van der Waals surface area contributed by atoms with Gasteiger partial charge in [-0.2, -0.15) is 0 Å². The first-order valence-corrected chi connectivity index (χ1v) is 12.3. The molecule has 6 rings (SSSR count). The number of benzene rings is 2. The molecule has 0 radical (unpaired) electrons. The van der Waals surface area contributed by atoms with Gasteiger partial charge >= 0.3 is 5.97 Å². The van der Waals surface area contributed by atoms with Gasteiger partial charge in [-0.1, -0.05) is 48.5 Å². The van der Waals surface area contributed by atoms with E-state index in [2.05, 4.69) is 10.3 Å². The number of hydrogen-bond acceptors (Lipinski definition) is 6. The van der Waals surface area contributed by atoms with Gasteiger partial charge in [0.25, 0.3) is 0 Å². The molecule has 3 aromatic rings. The normalized spacial score (nSPS) is 24.0. The van der Waals surface area contributed by atoms with Crippen LogP contribution in [0.3, 0.4) is 0 Å². The Balaban J connectivity index is 0.00000274. The molecule has 0 spiro atoms. The number of nitrogens with zero attached hydrogens (tertiary/aromatic N) is 2. The van der Waals surface area contributed by atoms with Gasteiger partial charge in [-0.25, -0.2) is 9.78 Å². The molecule has 3 aliphatic heterocycles. The van der Waals surface area contributed by atoms with Crippen molar-refractivity contribution >= 4 is 28.8 Å². The molecule has 178 valence electrons. The van der Waals surface area contributed by atoms with Gasteiger partial charge in [0.05, 0.1) is 13.1 Å². The number of para-hydroxylation sites is 1. The Morgan fingerprint density at radius 3 is 2.38 bits per heavy atom. The number of aromatic nitrogens is 1. The van der Waals surface area contributed by atoms with E-state index in [0.29, 0.717) is 28.5 Å². The Kier molecular flexibility index (Phi) is 7.80. The highest BCUT2D eigenvalue weighted by molar-refractivity contribution is 7.11. The quantitative estimate of drug-likeness (QED) is 0.265. The number of carbonyl (C=O) groups is 2. The third-order valence-corrected chi connectivity index (χ3v) is 7.73. The first-order valence-electron chi connectivity index (χ1n) is 11.5. The topological polar surface area (TPSA) is 68.3 Å². The van der Waals surface area contributed by atoms with Crippen molar-refractivity contribution in [3.05, 3.63) is 82.8 Å². The van der Waals surface area contributed by atoms with E-state index in [1.165, 1.54) is 11.3 Å². The van der Waals surface area contributed by atoms with Crippen LogP contribution < -0.4 is 22.3 Å². The molecule has 3 fully saturated rings. The average Bonchev–Trinajstić information content (AvgIpc) is 3.40. The summed E-state index contributed by atoms with van der Waals surface area (Å²) in [7, 11) is 0. The summed E-state index contributed by atoms with van der Waals surface area (Å²) in [5, 5.41) is 5.75. The zero-order chi connectivity index (χ0) is 22.7. The minimum Gasteiger partial charge on any atom is -1.00 e. The van der Waals surface area contributed by atoms with Crippen LogP contribution in [0.5, 0.6) is 0 Å². The number of anilines is 1. The second kappa shape index (κ2) is 10.8. The number of carbonyl (C=O) groups excluding carboxylic acids is 2. The van der Waals surface area contributed by atoms with E-state index in [1.54, 1.807) is 6.20 Å². The molecule has 0 amide bonds. The van der Waals surface area contributed by atoms with Gasteiger partial charge in [0.2, 0.25) is 5.78 Å². The minimum atomic E-state index is -0.588. The first-order chi connectivity index (χ1) is 16.1. The zero-order valence-corrected chi connectivity index (χ0v) is 21.2. The molecule has 2 aromatic carbocycles. The second-order valence-electron chi connectivity index (χ2n) is 9.06. The highest BCUT2D eigenvalue weighted by Gasteiger charge is 2.49. The predicted molar refractivity (Wildman–Crippen MR) is 128 cm³/mol. The second-order valence-corrected chi connectivity index (χ2v) is 9.95. The number of halogens is 1. The third-order valence-electron chi connectivity index (χ3n) is 6.91. The maximum Gasteiger partial charge on any atom is 0.333 e. The van der Waals surface area contributed by atoms with Crippen molar-refractivity contribution in [3.8, 4) is 0 Å². The molecular weight excluding hydrogens is 514 g/mol. The summed E-state index contributed by atoms with van der Waals surface area (Å²) in [4.78, 5) is 30.4. The van der Waals surface area contributed by atoms with Crippen LogP contribution in [0.1, 0.15) is 34.2 Å². The molecule has 3 aliphatic rings. The lowest BCUT2D eigenvalue weighted by molar-refractivity contribution is -0.938. The van der Waals surface area contributed by atoms with Crippen molar-refractivity contribution in [3.63, 3.8) is 0 Å². The van der Waals surface area contributed by atoms with E-state index in [1.807, 2.05) is 66.0 Å². The van der Waals surface area contributed by atoms with Crippen LogP contribution in [0.4, 0.5) is 5.69 Å². The number of thiazole rings is 1. The van der Waals surface area contributed by atoms with Gasteiger partial charge < -0.3 is 31.5 Å². The van der Waals surface area contributed by atoms with Crippen LogP contribution in [-0.2, 0) is 9.53 Å². The number of piperidine rings is 3. The summed E-state index contributed by atoms with van der Waals surface area (Å²) >= 11 is 1.39. The fourth-order valence-electron chi connectivity index (χ4n) is 5.15. The SMILES string of the molecule is O=C(C[N+]12CCC(CC1)C(OC(=O)C(Nc1ccccc1)c1ccccc1)C2)c1nccs1.[Br-]. The monoisotopic (exact) mass is 541 g/mol. The summed E-state index contributed by atoms with van der Waals surface area (Å²) in [6.07, 6.45) is 3.46. The first kappa shape index (κ1) is 24.6. The lowest BCUT2D eigenvalue weighted by atomic mass is 9.83. The van der Waals surface area contributed by atoms with Gasteiger partial charge in [0, 0.05) is 36.0 Å². The standard InChI is InChI=1S/C26H28N3O3S.BrH/c30-22(25-27-13-16-33-25)17-29-14-11-19(12-15-29)23(18-29)32-26(31)24(20-7-3-1-4-8-20)28-21-9-5-2-6-10-21;/h1-10,13,16,19,23-24,28H,11-12,14-15,17-18H2;1H/q+1;/p-1. The Morgan fingerprint density at radius 2 is 1.74 bits per heavy atom. The van der Waals surface area contributed by atoms with Crippen molar-refractivity contribution < 1.29 is 35.8 Å².